The summed E-state index contributed by atoms with van der Waals surface area (Å²) in [5.41, 5.74) is 1.71. The lowest BCUT2D eigenvalue weighted by Gasteiger charge is -2.14. The highest BCUT2D eigenvalue weighted by atomic mass is 19.1. The van der Waals surface area contributed by atoms with Crippen LogP contribution in [-0.2, 0) is 11.2 Å². The second-order valence-electron chi connectivity index (χ2n) is 6.66. The zero-order valence-electron chi connectivity index (χ0n) is 14.8. The van der Waals surface area contributed by atoms with E-state index in [9.17, 15) is 19.1 Å². The molecule has 0 spiro atoms. The smallest absolute Gasteiger partial charge is 0.326 e. The van der Waals surface area contributed by atoms with Crippen LogP contribution in [0.3, 0.4) is 0 Å². The summed E-state index contributed by atoms with van der Waals surface area (Å²) in [4.78, 5) is 27.3. The van der Waals surface area contributed by atoms with E-state index in [2.05, 4.69) is 10.3 Å². The molecule has 0 aliphatic carbocycles. The number of aromatic nitrogens is 1. The van der Waals surface area contributed by atoms with Gasteiger partial charge >= 0.3 is 5.97 Å². The van der Waals surface area contributed by atoms with Gasteiger partial charge in [0.2, 0.25) is 0 Å². The first-order valence-electron chi connectivity index (χ1n) is 8.79. The monoisotopic (exact) mass is 376 g/mol. The third-order valence-corrected chi connectivity index (χ3v) is 4.68. The molecule has 1 heterocycles. The number of aliphatic carboxylic acids is 1. The molecule has 0 saturated heterocycles. The molecule has 0 aliphatic heterocycles. The maximum absolute atomic E-state index is 13.3. The molecule has 0 saturated carbocycles. The molecular weight excluding hydrogens is 359 g/mol. The Balaban J connectivity index is 1.55. The van der Waals surface area contributed by atoms with Gasteiger partial charge in [-0.1, -0.05) is 30.3 Å². The van der Waals surface area contributed by atoms with E-state index in [1.54, 1.807) is 24.3 Å². The molecule has 1 amide bonds. The predicted octanol–water partition coefficient (Wildman–Crippen LogP) is 3.89. The van der Waals surface area contributed by atoms with Crippen LogP contribution in [0.5, 0.6) is 0 Å². The number of carbonyl (C=O) groups is 2. The number of carbonyl (C=O) groups excluding carboxylic acids is 1. The molecule has 0 fully saturated rings. The Morgan fingerprint density at radius 2 is 1.75 bits per heavy atom. The number of amides is 1. The second kappa shape index (κ2) is 7.15. The van der Waals surface area contributed by atoms with Gasteiger partial charge in [-0.2, -0.15) is 0 Å². The molecule has 4 aromatic rings. The lowest BCUT2D eigenvalue weighted by atomic mass is 10.1. The van der Waals surface area contributed by atoms with Crippen LogP contribution in [-0.4, -0.2) is 28.0 Å². The summed E-state index contributed by atoms with van der Waals surface area (Å²) in [5, 5.41) is 14.7. The lowest BCUT2D eigenvalue weighted by molar-refractivity contribution is -0.139. The van der Waals surface area contributed by atoms with Gasteiger partial charge in [0.05, 0.1) is 0 Å². The van der Waals surface area contributed by atoms with E-state index in [1.807, 2.05) is 30.3 Å². The highest BCUT2D eigenvalue weighted by Gasteiger charge is 2.22. The molecule has 28 heavy (non-hydrogen) atoms. The van der Waals surface area contributed by atoms with Crippen LogP contribution in [0.4, 0.5) is 4.39 Å². The summed E-state index contributed by atoms with van der Waals surface area (Å²) in [5.74, 6) is -1.96. The van der Waals surface area contributed by atoms with E-state index in [-0.39, 0.29) is 12.2 Å². The minimum absolute atomic E-state index is 0.0605. The zero-order chi connectivity index (χ0) is 19.7. The molecule has 3 aromatic carbocycles. The van der Waals surface area contributed by atoms with Crippen molar-refractivity contribution in [2.75, 3.05) is 0 Å². The van der Waals surface area contributed by atoms with Gasteiger partial charge in [-0.05, 0) is 47.2 Å². The fourth-order valence-corrected chi connectivity index (χ4v) is 3.27. The van der Waals surface area contributed by atoms with Crippen molar-refractivity contribution in [1.82, 2.24) is 10.3 Å². The van der Waals surface area contributed by atoms with Crippen LogP contribution in [0.2, 0.25) is 0 Å². The first-order valence-corrected chi connectivity index (χ1v) is 8.79. The number of hydrogen-bond acceptors (Lipinski definition) is 2. The normalized spacial score (nSPS) is 12.2. The molecule has 140 valence electrons. The summed E-state index contributed by atoms with van der Waals surface area (Å²) in [6.07, 6.45) is 0.0605. The fraction of sp³-hybridized carbons (Fsp3) is 0.0909. The Morgan fingerprint density at radius 3 is 2.54 bits per heavy atom. The van der Waals surface area contributed by atoms with Crippen LogP contribution < -0.4 is 5.32 Å². The molecule has 3 N–H and O–H groups in total. The molecule has 0 unspecified atom stereocenters. The Labute approximate surface area is 159 Å². The van der Waals surface area contributed by atoms with E-state index < -0.39 is 17.9 Å². The van der Waals surface area contributed by atoms with Gasteiger partial charge in [0.1, 0.15) is 11.9 Å². The van der Waals surface area contributed by atoms with Crippen molar-refractivity contribution in [1.29, 1.82) is 0 Å². The number of nitrogens with one attached hydrogen (secondary N) is 2. The van der Waals surface area contributed by atoms with Crippen LogP contribution >= 0.6 is 0 Å². The summed E-state index contributed by atoms with van der Waals surface area (Å²) >= 11 is 0. The number of aromatic amines is 1. The maximum atomic E-state index is 13.3. The van der Waals surface area contributed by atoms with Crippen molar-refractivity contribution in [3.05, 3.63) is 83.8 Å². The topological polar surface area (TPSA) is 82.2 Å². The van der Waals surface area contributed by atoms with Gasteiger partial charge in [-0.25, -0.2) is 9.18 Å². The standard InChI is InChI=1S/C22H17FN2O3/c23-17-7-8-19-16(10-17)11-18(24-19)12-20(22(27)28)25-21(26)15-6-5-13-3-1-2-4-14(13)9-15/h1-11,20,24H,12H2,(H,25,26)(H,27,28)/t20-/m1/s1. The van der Waals surface area contributed by atoms with Crippen molar-refractivity contribution in [3.8, 4) is 0 Å². The maximum Gasteiger partial charge on any atom is 0.326 e. The lowest BCUT2D eigenvalue weighted by Crippen LogP contribution is -2.42. The van der Waals surface area contributed by atoms with Crippen molar-refractivity contribution >= 4 is 33.6 Å². The highest BCUT2D eigenvalue weighted by Crippen LogP contribution is 2.19. The Kier molecular flexibility index (Phi) is 4.53. The molecule has 0 aliphatic rings. The second-order valence-corrected chi connectivity index (χ2v) is 6.66. The molecular formula is C22H17FN2O3. The SMILES string of the molecule is O=C(N[C@H](Cc1cc2cc(F)ccc2[nH]1)C(=O)O)c1ccc2ccccc2c1. The predicted molar refractivity (Wildman–Crippen MR) is 105 cm³/mol. The number of halogens is 1. The fourth-order valence-electron chi connectivity index (χ4n) is 3.27. The molecule has 0 radical (unpaired) electrons. The third kappa shape index (κ3) is 3.57. The Hall–Kier alpha value is -3.67. The third-order valence-electron chi connectivity index (χ3n) is 4.68. The molecule has 6 heteroatoms. The minimum Gasteiger partial charge on any atom is -0.480 e. The van der Waals surface area contributed by atoms with E-state index in [0.717, 1.165) is 10.8 Å². The van der Waals surface area contributed by atoms with Gasteiger partial charge in [-0.15, -0.1) is 0 Å². The van der Waals surface area contributed by atoms with E-state index in [0.29, 0.717) is 22.2 Å². The Bertz CT molecular complexity index is 1200. The van der Waals surface area contributed by atoms with Crippen molar-refractivity contribution in [2.45, 2.75) is 12.5 Å². The summed E-state index contributed by atoms with van der Waals surface area (Å²) < 4.78 is 13.3. The van der Waals surface area contributed by atoms with Crippen molar-refractivity contribution < 1.29 is 19.1 Å². The summed E-state index contributed by atoms with van der Waals surface area (Å²) in [6.45, 7) is 0. The highest BCUT2D eigenvalue weighted by molar-refractivity contribution is 6.00. The molecule has 1 aromatic heterocycles. The van der Waals surface area contributed by atoms with E-state index in [4.69, 9.17) is 0 Å². The summed E-state index contributed by atoms with van der Waals surface area (Å²) in [6, 6.07) is 17.7. The number of carboxylic acid groups (broad SMARTS) is 1. The number of H-pyrrole nitrogens is 1. The first-order chi connectivity index (χ1) is 13.5. The van der Waals surface area contributed by atoms with Gasteiger partial charge in [0.25, 0.3) is 5.91 Å². The van der Waals surface area contributed by atoms with Crippen LogP contribution in [0, 0.1) is 5.82 Å². The average Bonchev–Trinajstić information content (AvgIpc) is 3.08. The van der Waals surface area contributed by atoms with Crippen LogP contribution in [0.15, 0.2) is 66.7 Å². The van der Waals surface area contributed by atoms with Crippen molar-refractivity contribution in [2.24, 2.45) is 0 Å². The minimum atomic E-state index is -1.14. The number of fused-ring (bicyclic) bond motifs is 2. The van der Waals surface area contributed by atoms with Gasteiger partial charge in [0, 0.05) is 28.6 Å². The average molecular weight is 376 g/mol. The number of rotatable bonds is 5. The van der Waals surface area contributed by atoms with E-state index in [1.165, 1.54) is 12.1 Å². The first kappa shape index (κ1) is 17.7. The molecule has 1 atom stereocenters. The molecule has 0 bridgehead atoms. The Morgan fingerprint density at radius 1 is 0.964 bits per heavy atom. The largest absolute Gasteiger partial charge is 0.480 e. The number of carboxylic acids is 1. The van der Waals surface area contributed by atoms with Gasteiger partial charge < -0.3 is 15.4 Å². The zero-order valence-corrected chi connectivity index (χ0v) is 14.8. The molecule has 4 rings (SSSR count). The van der Waals surface area contributed by atoms with Crippen LogP contribution in [0.1, 0.15) is 16.1 Å². The van der Waals surface area contributed by atoms with Gasteiger partial charge in [-0.3, -0.25) is 4.79 Å². The number of benzene rings is 3. The van der Waals surface area contributed by atoms with Crippen molar-refractivity contribution in [3.63, 3.8) is 0 Å². The number of hydrogen-bond donors (Lipinski definition) is 3. The van der Waals surface area contributed by atoms with Gasteiger partial charge in [0.15, 0.2) is 0 Å². The van der Waals surface area contributed by atoms with Crippen LogP contribution in [0.25, 0.3) is 21.7 Å². The van der Waals surface area contributed by atoms with E-state index >= 15 is 0 Å². The molecule has 5 nitrogen and oxygen atoms in total. The quantitative estimate of drug-likeness (QED) is 0.494. The summed E-state index contributed by atoms with van der Waals surface area (Å²) in [7, 11) is 0.